The number of aliphatic imine (C=N–C) groups is 1. The zero-order valence-electron chi connectivity index (χ0n) is 18.9. The van der Waals surface area contributed by atoms with E-state index in [1.54, 1.807) is 40.5 Å². The second kappa shape index (κ2) is 13.8. The third kappa shape index (κ3) is 7.57. The van der Waals surface area contributed by atoms with Crippen molar-refractivity contribution >= 4 is 29.9 Å². The Balaban J connectivity index is 0.00000512. The molecule has 0 aliphatic rings. The van der Waals surface area contributed by atoms with E-state index in [4.69, 9.17) is 14.2 Å². The normalized spacial score (nSPS) is 10.9. The van der Waals surface area contributed by atoms with Gasteiger partial charge in [-0.25, -0.2) is 0 Å². The Bertz CT molecular complexity index is 867. The fourth-order valence-electron chi connectivity index (χ4n) is 3.18. The quantitative estimate of drug-likeness (QED) is 0.265. The molecule has 0 aliphatic carbocycles. The third-order valence-electron chi connectivity index (χ3n) is 4.60. The summed E-state index contributed by atoms with van der Waals surface area (Å²) in [5.41, 5.74) is 1.91. The summed E-state index contributed by atoms with van der Waals surface area (Å²) in [5, 5.41) is 3.32. The van der Waals surface area contributed by atoms with Gasteiger partial charge in [0.2, 0.25) is 5.75 Å². The lowest BCUT2D eigenvalue weighted by atomic mass is 10.1. The first-order valence-corrected chi connectivity index (χ1v) is 9.66. The molecule has 178 valence electrons. The maximum Gasteiger partial charge on any atom is 0.387 e. The number of nitrogens with zero attached hydrogens (tertiary/aromatic N) is 2. The third-order valence-corrected chi connectivity index (χ3v) is 4.60. The van der Waals surface area contributed by atoms with E-state index < -0.39 is 6.61 Å². The van der Waals surface area contributed by atoms with Crippen LogP contribution in [0.5, 0.6) is 23.0 Å². The molecule has 0 saturated carbocycles. The highest BCUT2D eigenvalue weighted by atomic mass is 127. The molecule has 7 nitrogen and oxygen atoms in total. The number of halogens is 3. The Labute approximate surface area is 204 Å². The van der Waals surface area contributed by atoms with Crippen molar-refractivity contribution in [3.63, 3.8) is 0 Å². The molecule has 0 bridgehead atoms. The molecule has 2 rings (SSSR count). The van der Waals surface area contributed by atoms with Crippen molar-refractivity contribution in [2.45, 2.75) is 19.6 Å². The predicted molar refractivity (Wildman–Crippen MR) is 131 cm³/mol. The first kappa shape index (κ1) is 27.5. The molecule has 0 atom stereocenters. The van der Waals surface area contributed by atoms with E-state index in [1.807, 2.05) is 24.1 Å². The number of guanidine groups is 1. The van der Waals surface area contributed by atoms with E-state index in [-0.39, 0.29) is 29.7 Å². The summed E-state index contributed by atoms with van der Waals surface area (Å²) >= 11 is 0. The topological polar surface area (TPSA) is 64.6 Å². The Kier molecular flexibility index (Phi) is 11.9. The zero-order valence-corrected chi connectivity index (χ0v) is 21.2. The van der Waals surface area contributed by atoms with Gasteiger partial charge in [0, 0.05) is 32.7 Å². The number of rotatable bonds is 10. The molecule has 32 heavy (non-hydrogen) atoms. The van der Waals surface area contributed by atoms with Crippen LogP contribution in [-0.4, -0.2) is 59.4 Å². The summed E-state index contributed by atoms with van der Waals surface area (Å²) in [4.78, 5) is 6.25. The summed E-state index contributed by atoms with van der Waals surface area (Å²) in [6, 6.07) is 10.3. The number of methoxy groups -OCH3 is 3. The van der Waals surface area contributed by atoms with Gasteiger partial charge in [-0.1, -0.05) is 18.2 Å². The van der Waals surface area contributed by atoms with Crippen molar-refractivity contribution in [2.75, 3.05) is 42.0 Å². The highest BCUT2D eigenvalue weighted by Crippen LogP contribution is 2.39. The van der Waals surface area contributed by atoms with Crippen LogP contribution in [0.25, 0.3) is 0 Å². The van der Waals surface area contributed by atoms with Gasteiger partial charge in [-0.05, 0) is 30.2 Å². The number of hydrogen-bond donors (Lipinski definition) is 1. The van der Waals surface area contributed by atoms with E-state index in [1.165, 1.54) is 12.1 Å². The standard InChI is InChI=1S/C22H29F2N3O4.HI/c1-25-22(27(2)14-15-6-9-17(10-7-15)31-21(23)24)26-13-12-16-8-11-18(28-3)20(30-5)19(16)29-4;/h6-11,21H,12-14H2,1-5H3,(H,25,26);1H. The molecule has 1 N–H and O–H groups in total. The van der Waals surface area contributed by atoms with Crippen molar-refractivity contribution in [1.29, 1.82) is 0 Å². The van der Waals surface area contributed by atoms with Crippen LogP contribution in [-0.2, 0) is 13.0 Å². The lowest BCUT2D eigenvalue weighted by Crippen LogP contribution is -2.39. The molecule has 0 heterocycles. The monoisotopic (exact) mass is 565 g/mol. The molecule has 0 unspecified atom stereocenters. The van der Waals surface area contributed by atoms with E-state index >= 15 is 0 Å². The molecule has 0 radical (unpaired) electrons. The number of alkyl halides is 2. The van der Waals surface area contributed by atoms with Gasteiger partial charge in [-0.15, -0.1) is 24.0 Å². The Morgan fingerprint density at radius 3 is 2.19 bits per heavy atom. The molecule has 0 aliphatic heterocycles. The molecule has 0 amide bonds. The molecular weight excluding hydrogens is 535 g/mol. The van der Waals surface area contributed by atoms with Crippen molar-refractivity contribution in [2.24, 2.45) is 4.99 Å². The first-order chi connectivity index (χ1) is 14.9. The fourth-order valence-corrected chi connectivity index (χ4v) is 3.18. The summed E-state index contributed by atoms with van der Waals surface area (Å²) < 4.78 is 45.2. The lowest BCUT2D eigenvalue weighted by molar-refractivity contribution is -0.0498. The SMILES string of the molecule is CN=C(NCCc1ccc(OC)c(OC)c1OC)N(C)Cc1ccc(OC(F)F)cc1.I. The zero-order chi connectivity index (χ0) is 22.8. The highest BCUT2D eigenvalue weighted by Gasteiger charge is 2.16. The maximum absolute atomic E-state index is 12.3. The van der Waals surface area contributed by atoms with Crippen LogP contribution in [0.4, 0.5) is 8.78 Å². The number of nitrogens with one attached hydrogen (secondary N) is 1. The first-order valence-electron chi connectivity index (χ1n) is 9.66. The highest BCUT2D eigenvalue weighted by molar-refractivity contribution is 14.0. The molecule has 0 spiro atoms. The van der Waals surface area contributed by atoms with Gasteiger partial charge in [0.1, 0.15) is 5.75 Å². The van der Waals surface area contributed by atoms with Crippen LogP contribution in [0.1, 0.15) is 11.1 Å². The van der Waals surface area contributed by atoms with Crippen LogP contribution in [0.3, 0.4) is 0 Å². The summed E-state index contributed by atoms with van der Waals surface area (Å²) in [5.74, 6) is 2.64. The van der Waals surface area contributed by atoms with E-state index in [2.05, 4.69) is 15.0 Å². The van der Waals surface area contributed by atoms with Gasteiger partial charge in [-0.3, -0.25) is 4.99 Å². The molecule has 2 aromatic rings. The van der Waals surface area contributed by atoms with Crippen LogP contribution in [0.15, 0.2) is 41.4 Å². The predicted octanol–water partition coefficient (Wildman–Crippen LogP) is 4.18. The van der Waals surface area contributed by atoms with Gasteiger partial charge in [-0.2, -0.15) is 8.78 Å². The Morgan fingerprint density at radius 2 is 1.66 bits per heavy atom. The average molecular weight is 565 g/mol. The van der Waals surface area contributed by atoms with Gasteiger partial charge in [0.15, 0.2) is 17.5 Å². The van der Waals surface area contributed by atoms with Crippen molar-refractivity contribution in [3.05, 3.63) is 47.5 Å². The van der Waals surface area contributed by atoms with E-state index in [9.17, 15) is 8.78 Å². The average Bonchev–Trinajstić information content (AvgIpc) is 2.76. The second-order valence-corrected chi connectivity index (χ2v) is 6.60. The van der Waals surface area contributed by atoms with Gasteiger partial charge in [0.25, 0.3) is 0 Å². The van der Waals surface area contributed by atoms with Crippen molar-refractivity contribution < 1.29 is 27.7 Å². The minimum atomic E-state index is -2.83. The van der Waals surface area contributed by atoms with Crippen LogP contribution in [0.2, 0.25) is 0 Å². The molecular formula is C22H30F2IN3O4. The molecule has 0 saturated heterocycles. The Hall–Kier alpha value is -2.50. The minimum absolute atomic E-state index is 0. The largest absolute Gasteiger partial charge is 0.493 e. The van der Waals surface area contributed by atoms with Crippen molar-refractivity contribution in [3.8, 4) is 23.0 Å². The van der Waals surface area contributed by atoms with E-state index in [0.29, 0.717) is 42.7 Å². The summed E-state index contributed by atoms with van der Waals surface area (Å²) in [6.07, 6.45) is 0.677. The fraction of sp³-hybridized carbons (Fsp3) is 0.409. The van der Waals surface area contributed by atoms with Crippen LogP contribution in [0, 0.1) is 0 Å². The number of ether oxygens (including phenoxy) is 4. The number of benzene rings is 2. The van der Waals surface area contributed by atoms with E-state index in [0.717, 1.165) is 11.1 Å². The Morgan fingerprint density at radius 1 is 1.00 bits per heavy atom. The number of hydrogen-bond acceptors (Lipinski definition) is 5. The summed E-state index contributed by atoms with van der Waals surface area (Å²) in [7, 11) is 8.35. The molecule has 0 fully saturated rings. The van der Waals surface area contributed by atoms with Crippen LogP contribution < -0.4 is 24.3 Å². The lowest BCUT2D eigenvalue weighted by Gasteiger charge is -2.23. The van der Waals surface area contributed by atoms with Gasteiger partial charge >= 0.3 is 6.61 Å². The van der Waals surface area contributed by atoms with Gasteiger partial charge in [0.05, 0.1) is 21.3 Å². The molecule has 0 aromatic heterocycles. The second-order valence-electron chi connectivity index (χ2n) is 6.60. The maximum atomic E-state index is 12.3. The van der Waals surface area contributed by atoms with Crippen LogP contribution >= 0.6 is 24.0 Å². The van der Waals surface area contributed by atoms with Crippen molar-refractivity contribution in [1.82, 2.24) is 10.2 Å². The minimum Gasteiger partial charge on any atom is -0.493 e. The van der Waals surface area contributed by atoms with Gasteiger partial charge < -0.3 is 29.2 Å². The summed E-state index contributed by atoms with van der Waals surface area (Å²) in [6.45, 7) is -1.67. The molecule has 2 aromatic carbocycles. The smallest absolute Gasteiger partial charge is 0.387 e. The molecule has 10 heteroatoms.